The Morgan fingerprint density at radius 3 is 2.67 bits per heavy atom. The molecule has 24 heavy (non-hydrogen) atoms. The van der Waals surface area contributed by atoms with E-state index in [0.29, 0.717) is 11.0 Å². The molecular formula is C17H19ClN4OS. The fourth-order valence-electron chi connectivity index (χ4n) is 3.69. The number of nitrogens with one attached hydrogen (secondary N) is 1. The Bertz CT molecular complexity index is 752. The molecule has 1 aliphatic carbocycles. The summed E-state index contributed by atoms with van der Waals surface area (Å²) >= 11 is 7.70. The molecule has 4 rings (SSSR count). The Morgan fingerprint density at radius 2 is 1.92 bits per heavy atom. The quantitative estimate of drug-likeness (QED) is 0.900. The molecule has 0 unspecified atom stereocenters. The minimum absolute atomic E-state index is 0.0214. The summed E-state index contributed by atoms with van der Waals surface area (Å²) in [4.78, 5) is 13.2. The molecule has 1 saturated carbocycles. The highest BCUT2D eigenvalue weighted by Gasteiger charge is 2.43. The van der Waals surface area contributed by atoms with E-state index in [9.17, 15) is 4.79 Å². The molecule has 1 aromatic carbocycles. The number of thioether (sulfide) groups is 1. The standard InChI is InChI=1S/C17H19ClN4OS/c18-13-6-4-12(5-7-13)17(8-1-2-9-17)14(23)19-15-20-21-16-22(15)10-3-11-24-16/h4-7H,1-3,8-11H2,(H,19,20,23). The van der Waals surface area contributed by atoms with E-state index in [0.717, 1.165) is 55.1 Å². The minimum atomic E-state index is -0.487. The number of hydrogen-bond acceptors (Lipinski definition) is 4. The summed E-state index contributed by atoms with van der Waals surface area (Å²) in [6, 6.07) is 7.67. The predicted octanol–water partition coefficient (Wildman–Crippen LogP) is 3.88. The maximum atomic E-state index is 13.2. The van der Waals surface area contributed by atoms with Crippen LogP contribution in [0.4, 0.5) is 5.95 Å². The number of halogens is 1. The monoisotopic (exact) mass is 362 g/mol. The van der Waals surface area contributed by atoms with Crippen LogP contribution in [-0.4, -0.2) is 26.4 Å². The average Bonchev–Trinajstić information content (AvgIpc) is 3.24. The van der Waals surface area contributed by atoms with Gasteiger partial charge in [0.25, 0.3) is 0 Å². The summed E-state index contributed by atoms with van der Waals surface area (Å²) in [6.07, 6.45) is 4.90. The van der Waals surface area contributed by atoms with Crippen LogP contribution in [-0.2, 0) is 16.8 Å². The summed E-state index contributed by atoms with van der Waals surface area (Å²) in [6.45, 7) is 0.860. The van der Waals surface area contributed by atoms with Gasteiger partial charge in [0.05, 0.1) is 5.41 Å². The van der Waals surface area contributed by atoms with Crippen molar-refractivity contribution in [2.45, 2.75) is 49.2 Å². The van der Waals surface area contributed by atoms with Crippen molar-refractivity contribution in [1.82, 2.24) is 14.8 Å². The molecule has 1 aromatic heterocycles. The zero-order chi connectivity index (χ0) is 16.6. The number of anilines is 1. The Kier molecular flexibility index (Phi) is 4.26. The summed E-state index contributed by atoms with van der Waals surface area (Å²) < 4.78 is 2.01. The molecule has 7 heteroatoms. The molecule has 126 valence electrons. The number of hydrogen-bond donors (Lipinski definition) is 1. The number of amides is 1. The van der Waals surface area contributed by atoms with Crippen molar-refractivity contribution < 1.29 is 4.79 Å². The van der Waals surface area contributed by atoms with Crippen LogP contribution in [0.5, 0.6) is 0 Å². The van der Waals surface area contributed by atoms with Gasteiger partial charge in [0, 0.05) is 17.3 Å². The molecular weight excluding hydrogens is 344 g/mol. The fraction of sp³-hybridized carbons (Fsp3) is 0.471. The Morgan fingerprint density at radius 1 is 1.17 bits per heavy atom. The molecule has 0 bridgehead atoms. The summed E-state index contributed by atoms with van der Waals surface area (Å²) in [5.41, 5.74) is 0.549. The van der Waals surface area contributed by atoms with E-state index in [-0.39, 0.29) is 5.91 Å². The van der Waals surface area contributed by atoms with Gasteiger partial charge in [-0.3, -0.25) is 14.7 Å². The fourth-order valence-corrected chi connectivity index (χ4v) is 4.71. The zero-order valence-corrected chi connectivity index (χ0v) is 14.9. The van der Waals surface area contributed by atoms with E-state index in [1.54, 1.807) is 11.8 Å². The van der Waals surface area contributed by atoms with Gasteiger partial charge in [-0.25, -0.2) is 0 Å². The lowest BCUT2D eigenvalue weighted by atomic mass is 9.78. The lowest BCUT2D eigenvalue weighted by Gasteiger charge is -2.28. The van der Waals surface area contributed by atoms with Gasteiger partial charge in [-0.05, 0) is 37.0 Å². The maximum Gasteiger partial charge on any atom is 0.237 e. The van der Waals surface area contributed by atoms with Crippen molar-refractivity contribution in [3.8, 4) is 0 Å². The van der Waals surface area contributed by atoms with Crippen LogP contribution in [0.25, 0.3) is 0 Å². The smallest absolute Gasteiger partial charge is 0.237 e. The minimum Gasteiger partial charge on any atom is -0.294 e. The Labute approximate surface area is 150 Å². The highest BCUT2D eigenvalue weighted by atomic mass is 35.5. The first-order chi connectivity index (χ1) is 11.7. The first kappa shape index (κ1) is 16.0. The van der Waals surface area contributed by atoms with Gasteiger partial charge in [-0.2, -0.15) is 0 Å². The largest absolute Gasteiger partial charge is 0.294 e. The van der Waals surface area contributed by atoms with Crippen molar-refractivity contribution in [2.24, 2.45) is 0 Å². The van der Waals surface area contributed by atoms with E-state index in [1.807, 2.05) is 28.8 Å². The van der Waals surface area contributed by atoms with Crippen molar-refractivity contribution in [1.29, 1.82) is 0 Å². The molecule has 0 atom stereocenters. The van der Waals surface area contributed by atoms with E-state index in [4.69, 9.17) is 11.6 Å². The van der Waals surface area contributed by atoms with Gasteiger partial charge in [-0.1, -0.05) is 48.3 Å². The molecule has 0 spiro atoms. The van der Waals surface area contributed by atoms with Gasteiger partial charge < -0.3 is 0 Å². The summed E-state index contributed by atoms with van der Waals surface area (Å²) in [5, 5.41) is 13.0. The van der Waals surface area contributed by atoms with Crippen LogP contribution in [0.2, 0.25) is 5.02 Å². The van der Waals surface area contributed by atoms with Gasteiger partial charge in [0.1, 0.15) is 0 Å². The Hall–Kier alpha value is -1.53. The van der Waals surface area contributed by atoms with E-state index < -0.39 is 5.41 Å². The van der Waals surface area contributed by atoms with E-state index in [2.05, 4.69) is 15.5 Å². The van der Waals surface area contributed by atoms with Crippen LogP contribution < -0.4 is 5.32 Å². The van der Waals surface area contributed by atoms with Crippen LogP contribution in [0.3, 0.4) is 0 Å². The van der Waals surface area contributed by atoms with Crippen LogP contribution >= 0.6 is 23.4 Å². The molecule has 1 N–H and O–H groups in total. The second-order valence-corrected chi connectivity index (χ2v) is 7.91. The number of rotatable bonds is 3. The maximum absolute atomic E-state index is 13.2. The molecule has 0 radical (unpaired) electrons. The highest BCUT2D eigenvalue weighted by Crippen LogP contribution is 2.42. The van der Waals surface area contributed by atoms with Crippen molar-refractivity contribution in [3.05, 3.63) is 34.9 Å². The number of carbonyl (C=O) groups excluding carboxylic acids is 1. The third-order valence-electron chi connectivity index (χ3n) is 4.99. The lowest BCUT2D eigenvalue weighted by molar-refractivity contribution is -0.121. The molecule has 2 aromatic rings. The third kappa shape index (κ3) is 2.71. The third-order valence-corrected chi connectivity index (χ3v) is 6.29. The Balaban J connectivity index is 1.63. The predicted molar refractivity (Wildman–Crippen MR) is 95.6 cm³/mol. The molecule has 1 aliphatic heterocycles. The van der Waals surface area contributed by atoms with E-state index in [1.165, 1.54) is 0 Å². The van der Waals surface area contributed by atoms with Crippen LogP contribution in [0, 0.1) is 0 Å². The second-order valence-electron chi connectivity index (χ2n) is 6.41. The first-order valence-corrected chi connectivity index (χ1v) is 9.69. The second kappa shape index (κ2) is 6.41. The topological polar surface area (TPSA) is 59.8 Å². The van der Waals surface area contributed by atoms with Crippen molar-refractivity contribution in [3.63, 3.8) is 0 Å². The molecule has 1 fully saturated rings. The van der Waals surface area contributed by atoms with Crippen molar-refractivity contribution in [2.75, 3.05) is 11.1 Å². The number of benzene rings is 1. The van der Waals surface area contributed by atoms with Gasteiger partial charge in [-0.15, -0.1) is 10.2 Å². The summed E-state index contributed by atoms with van der Waals surface area (Å²) in [5.74, 6) is 1.65. The zero-order valence-electron chi connectivity index (χ0n) is 13.3. The molecule has 5 nitrogen and oxygen atoms in total. The van der Waals surface area contributed by atoms with Crippen LogP contribution in [0.15, 0.2) is 29.4 Å². The van der Waals surface area contributed by atoms with Gasteiger partial charge in [0.2, 0.25) is 11.9 Å². The average molecular weight is 363 g/mol. The first-order valence-electron chi connectivity index (χ1n) is 8.33. The SMILES string of the molecule is O=C(Nc1nnc2n1CCCS2)C1(c2ccc(Cl)cc2)CCCC1. The normalized spacial score (nSPS) is 19.0. The van der Waals surface area contributed by atoms with Gasteiger partial charge >= 0.3 is 0 Å². The van der Waals surface area contributed by atoms with Gasteiger partial charge in [0.15, 0.2) is 5.16 Å². The van der Waals surface area contributed by atoms with E-state index >= 15 is 0 Å². The lowest BCUT2D eigenvalue weighted by Crippen LogP contribution is -2.38. The van der Waals surface area contributed by atoms with Crippen LogP contribution in [0.1, 0.15) is 37.7 Å². The molecule has 1 amide bonds. The summed E-state index contributed by atoms with van der Waals surface area (Å²) in [7, 11) is 0. The molecule has 2 aliphatic rings. The molecule has 2 heterocycles. The number of fused-ring (bicyclic) bond motifs is 1. The number of carbonyl (C=O) groups is 1. The number of nitrogens with zero attached hydrogens (tertiary/aromatic N) is 3. The number of aromatic nitrogens is 3. The molecule has 0 saturated heterocycles. The van der Waals surface area contributed by atoms with Crippen molar-refractivity contribution >= 4 is 35.2 Å². The highest BCUT2D eigenvalue weighted by molar-refractivity contribution is 7.99.